The van der Waals surface area contributed by atoms with E-state index in [0.29, 0.717) is 5.69 Å². The average Bonchev–Trinajstić information content (AvgIpc) is 2.42. The summed E-state index contributed by atoms with van der Waals surface area (Å²) in [6.45, 7) is 0. The van der Waals surface area contributed by atoms with Gasteiger partial charge in [0.15, 0.2) is 0 Å². The van der Waals surface area contributed by atoms with Crippen molar-refractivity contribution >= 4 is 34.6 Å². The Labute approximate surface area is 118 Å². The van der Waals surface area contributed by atoms with Crippen LogP contribution in [0.15, 0.2) is 36.7 Å². The third kappa shape index (κ3) is 2.83. The van der Waals surface area contributed by atoms with Crippen LogP contribution >= 0.6 is 11.6 Å². The number of nitrogens with zero attached hydrogens (tertiary/aromatic N) is 2. The van der Waals surface area contributed by atoms with Crippen molar-refractivity contribution in [3.8, 4) is 0 Å². The lowest BCUT2D eigenvalue weighted by Crippen LogP contribution is -2.14. The van der Waals surface area contributed by atoms with E-state index in [2.05, 4.69) is 10.3 Å². The largest absolute Gasteiger partial charge is 0.397 e. The van der Waals surface area contributed by atoms with Gasteiger partial charge in [-0.15, -0.1) is 0 Å². The SMILES string of the molecule is Nc1c(Cl)cc([N+](=O)[O-])cc1C(=O)Nc1cccnc1. The maximum atomic E-state index is 12.1. The number of nitro benzene ring substituents is 1. The molecular formula is C12H9ClN4O3. The first-order chi connectivity index (χ1) is 9.49. The van der Waals surface area contributed by atoms with E-state index in [1.807, 2.05) is 0 Å². The van der Waals surface area contributed by atoms with Gasteiger partial charge in [0.25, 0.3) is 11.6 Å². The molecule has 0 aliphatic heterocycles. The number of nitrogen functional groups attached to an aromatic ring is 1. The lowest BCUT2D eigenvalue weighted by molar-refractivity contribution is -0.384. The molecule has 0 radical (unpaired) electrons. The van der Waals surface area contributed by atoms with Crippen LogP contribution < -0.4 is 11.1 Å². The summed E-state index contributed by atoms with van der Waals surface area (Å²) in [5.74, 6) is -0.596. The van der Waals surface area contributed by atoms with Crippen LogP contribution in [-0.2, 0) is 0 Å². The number of hydrogen-bond donors (Lipinski definition) is 2. The Bertz CT molecular complexity index is 676. The Kier molecular flexibility index (Phi) is 3.81. The minimum absolute atomic E-state index is 0.0151. The van der Waals surface area contributed by atoms with E-state index in [-0.39, 0.29) is 22.0 Å². The number of aromatic nitrogens is 1. The number of nitro groups is 1. The molecule has 0 aliphatic rings. The molecular weight excluding hydrogens is 284 g/mol. The molecule has 0 spiro atoms. The number of halogens is 1. The molecule has 20 heavy (non-hydrogen) atoms. The highest BCUT2D eigenvalue weighted by molar-refractivity contribution is 6.34. The summed E-state index contributed by atoms with van der Waals surface area (Å²) in [4.78, 5) is 26.0. The number of hydrogen-bond acceptors (Lipinski definition) is 5. The van der Waals surface area contributed by atoms with Crippen molar-refractivity contribution in [3.63, 3.8) is 0 Å². The molecule has 1 heterocycles. The highest BCUT2D eigenvalue weighted by atomic mass is 35.5. The third-order valence-corrected chi connectivity index (χ3v) is 2.80. The van der Waals surface area contributed by atoms with E-state index in [0.717, 1.165) is 12.1 Å². The number of carbonyl (C=O) groups excluding carboxylic acids is 1. The smallest absolute Gasteiger partial charge is 0.271 e. The van der Waals surface area contributed by atoms with Crippen LogP contribution in [0.1, 0.15) is 10.4 Å². The maximum absolute atomic E-state index is 12.1. The Balaban J connectivity index is 2.36. The number of nitrogens with two attached hydrogens (primary N) is 1. The van der Waals surface area contributed by atoms with Gasteiger partial charge < -0.3 is 11.1 Å². The molecule has 0 fully saturated rings. The van der Waals surface area contributed by atoms with E-state index in [1.54, 1.807) is 18.3 Å². The fourth-order valence-corrected chi connectivity index (χ4v) is 1.75. The molecule has 0 atom stereocenters. The second kappa shape index (κ2) is 5.54. The standard InChI is InChI=1S/C12H9ClN4O3/c13-10-5-8(17(19)20)4-9(11(10)14)12(18)16-7-2-1-3-15-6-7/h1-6H,14H2,(H,16,18). The number of amides is 1. The van der Waals surface area contributed by atoms with Crippen molar-refractivity contribution in [1.29, 1.82) is 0 Å². The van der Waals surface area contributed by atoms with Crippen molar-refractivity contribution in [2.24, 2.45) is 0 Å². The van der Waals surface area contributed by atoms with Crippen LogP contribution in [-0.4, -0.2) is 15.8 Å². The number of rotatable bonds is 3. The van der Waals surface area contributed by atoms with Gasteiger partial charge in [-0.3, -0.25) is 19.9 Å². The summed E-state index contributed by atoms with van der Waals surface area (Å²) < 4.78 is 0. The summed E-state index contributed by atoms with van der Waals surface area (Å²) in [6.07, 6.45) is 2.99. The summed E-state index contributed by atoms with van der Waals surface area (Å²) >= 11 is 5.79. The number of anilines is 2. The van der Waals surface area contributed by atoms with Crippen LogP contribution in [0.25, 0.3) is 0 Å². The van der Waals surface area contributed by atoms with Crippen LogP contribution in [0.2, 0.25) is 5.02 Å². The monoisotopic (exact) mass is 292 g/mol. The van der Waals surface area contributed by atoms with Gasteiger partial charge in [0.1, 0.15) is 0 Å². The lowest BCUT2D eigenvalue weighted by Gasteiger charge is -2.08. The normalized spacial score (nSPS) is 10.1. The van der Waals surface area contributed by atoms with Crippen LogP contribution in [0.3, 0.4) is 0 Å². The first-order valence-corrected chi connectivity index (χ1v) is 5.81. The molecule has 3 N–H and O–H groups in total. The van der Waals surface area contributed by atoms with Crippen molar-refractivity contribution in [1.82, 2.24) is 4.98 Å². The zero-order valence-electron chi connectivity index (χ0n) is 10.0. The minimum Gasteiger partial charge on any atom is -0.397 e. The summed E-state index contributed by atoms with van der Waals surface area (Å²) in [5.41, 5.74) is 5.74. The molecule has 2 aromatic rings. The van der Waals surface area contributed by atoms with Crippen molar-refractivity contribution in [2.45, 2.75) is 0 Å². The zero-order chi connectivity index (χ0) is 14.7. The fourth-order valence-electron chi connectivity index (χ4n) is 1.53. The van der Waals surface area contributed by atoms with Gasteiger partial charge in [-0.2, -0.15) is 0 Å². The predicted molar refractivity (Wildman–Crippen MR) is 74.7 cm³/mol. The average molecular weight is 293 g/mol. The van der Waals surface area contributed by atoms with Crippen molar-refractivity contribution < 1.29 is 9.72 Å². The molecule has 8 heteroatoms. The lowest BCUT2D eigenvalue weighted by atomic mass is 10.1. The molecule has 7 nitrogen and oxygen atoms in total. The molecule has 1 amide bonds. The molecule has 0 saturated heterocycles. The van der Waals surface area contributed by atoms with Crippen LogP contribution in [0, 0.1) is 10.1 Å². The topological polar surface area (TPSA) is 111 Å². The molecule has 1 aromatic carbocycles. The third-order valence-electron chi connectivity index (χ3n) is 2.49. The van der Waals surface area contributed by atoms with Gasteiger partial charge in [-0.1, -0.05) is 11.6 Å². The van der Waals surface area contributed by atoms with Crippen molar-refractivity contribution in [2.75, 3.05) is 11.1 Å². The molecule has 0 aliphatic carbocycles. The quantitative estimate of drug-likeness (QED) is 0.513. The molecule has 0 saturated carbocycles. The van der Waals surface area contributed by atoms with E-state index >= 15 is 0 Å². The van der Waals surface area contributed by atoms with Gasteiger partial charge in [-0.05, 0) is 12.1 Å². The Hall–Kier alpha value is -2.67. The zero-order valence-corrected chi connectivity index (χ0v) is 10.8. The highest BCUT2D eigenvalue weighted by Gasteiger charge is 2.18. The summed E-state index contributed by atoms with van der Waals surface area (Å²) in [5, 5.41) is 13.2. The van der Waals surface area contributed by atoms with Gasteiger partial charge in [0, 0.05) is 18.3 Å². The molecule has 1 aromatic heterocycles. The number of pyridine rings is 1. The van der Waals surface area contributed by atoms with E-state index in [4.69, 9.17) is 17.3 Å². The number of nitrogens with one attached hydrogen (secondary N) is 1. The number of benzene rings is 1. The highest BCUT2D eigenvalue weighted by Crippen LogP contribution is 2.29. The molecule has 2 rings (SSSR count). The van der Waals surface area contributed by atoms with Crippen LogP contribution in [0.4, 0.5) is 17.1 Å². The van der Waals surface area contributed by atoms with Gasteiger partial charge >= 0.3 is 0 Å². The molecule has 102 valence electrons. The summed E-state index contributed by atoms with van der Waals surface area (Å²) in [6, 6.07) is 5.43. The second-order valence-corrected chi connectivity index (χ2v) is 4.25. The number of non-ortho nitro benzene ring substituents is 1. The van der Waals surface area contributed by atoms with Gasteiger partial charge in [-0.25, -0.2) is 0 Å². The Morgan fingerprint density at radius 3 is 2.80 bits per heavy atom. The maximum Gasteiger partial charge on any atom is 0.271 e. The Morgan fingerprint density at radius 1 is 1.45 bits per heavy atom. The predicted octanol–water partition coefficient (Wildman–Crippen LogP) is 2.48. The van der Waals surface area contributed by atoms with Crippen LogP contribution in [0.5, 0.6) is 0 Å². The van der Waals surface area contributed by atoms with E-state index in [1.165, 1.54) is 6.20 Å². The molecule has 0 bridgehead atoms. The van der Waals surface area contributed by atoms with E-state index < -0.39 is 10.8 Å². The Morgan fingerprint density at radius 2 is 2.20 bits per heavy atom. The minimum atomic E-state index is -0.647. The first-order valence-electron chi connectivity index (χ1n) is 5.44. The van der Waals surface area contributed by atoms with E-state index in [9.17, 15) is 14.9 Å². The molecule has 0 unspecified atom stereocenters. The fraction of sp³-hybridized carbons (Fsp3) is 0. The van der Waals surface area contributed by atoms with Gasteiger partial charge in [0.05, 0.1) is 33.1 Å². The van der Waals surface area contributed by atoms with Crippen molar-refractivity contribution in [3.05, 3.63) is 57.4 Å². The number of carbonyl (C=O) groups is 1. The summed E-state index contributed by atoms with van der Waals surface area (Å²) in [7, 11) is 0. The second-order valence-electron chi connectivity index (χ2n) is 3.84. The van der Waals surface area contributed by atoms with Gasteiger partial charge in [0.2, 0.25) is 0 Å². The first kappa shape index (κ1) is 13.8.